The second-order valence-corrected chi connectivity index (χ2v) is 11.6. The maximum absolute atomic E-state index is 15.2. The molecule has 1 N–H and O–H groups in total. The number of pyridine rings is 2. The third-order valence-corrected chi connectivity index (χ3v) is 8.09. The summed E-state index contributed by atoms with van der Waals surface area (Å²) < 4.78 is 15.2. The number of amides is 2. The smallest absolute Gasteiger partial charge is 0.246 e. The van der Waals surface area contributed by atoms with Gasteiger partial charge in [0.05, 0.1) is 33.2 Å². The van der Waals surface area contributed by atoms with E-state index in [9.17, 15) is 14.7 Å². The molecule has 0 bridgehead atoms. The molecule has 0 radical (unpaired) electrons. The second-order valence-electron chi connectivity index (χ2n) is 11.2. The van der Waals surface area contributed by atoms with Crippen LogP contribution >= 0.6 is 11.6 Å². The number of nitrogens with zero attached hydrogens (tertiary/aromatic N) is 6. The molecule has 0 saturated carbocycles. The molecule has 3 heterocycles. The zero-order valence-electron chi connectivity index (χ0n) is 25.4. The average molecular weight is 609 g/mol. The number of carbonyl (C=O) groups is 2. The molecule has 1 aliphatic heterocycles. The largest absolute Gasteiger partial charge is 0.511 e. The molecule has 2 amide bonds. The van der Waals surface area contributed by atoms with E-state index in [1.54, 1.807) is 30.3 Å². The van der Waals surface area contributed by atoms with E-state index in [1.807, 2.05) is 34.6 Å². The Hall–Kier alpha value is -4.05. The minimum atomic E-state index is -0.635. The minimum Gasteiger partial charge on any atom is -0.511 e. The van der Waals surface area contributed by atoms with E-state index < -0.39 is 5.83 Å². The Morgan fingerprint density at radius 2 is 1.98 bits per heavy atom. The van der Waals surface area contributed by atoms with Crippen LogP contribution in [0.25, 0.3) is 5.57 Å². The summed E-state index contributed by atoms with van der Waals surface area (Å²) in [4.78, 5) is 44.7. The van der Waals surface area contributed by atoms with Gasteiger partial charge in [-0.1, -0.05) is 32.0 Å². The maximum atomic E-state index is 15.2. The van der Waals surface area contributed by atoms with Crippen molar-refractivity contribution in [1.82, 2.24) is 19.8 Å². The lowest BCUT2D eigenvalue weighted by Gasteiger charge is -2.46. The Balaban J connectivity index is 1.99. The standard InChI is InChI=1S/C32H38ClFN6O3/c1-8-26(43)38-15-20(5)40(21(6)16-38)31(35-7)22-14-23(33)29(27-24(34)10-9-11-25(27)42)37-32(22)39(17-41)30-19(4)12-13-36-28(30)18(2)3/h8,10,12-14,17-18,20-21,42H,1,9,11,15-16H2,2-7H3/b35-31+. The predicted molar refractivity (Wildman–Crippen MR) is 168 cm³/mol. The van der Waals surface area contributed by atoms with E-state index >= 15 is 4.39 Å². The Bertz CT molecular complexity index is 1520. The van der Waals surface area contributed by atoms with Crippen molar-refractivity contribution in [2.75, 3.05) is 25.0 Å². The van der Waals surface area contributed by atoms with Crippen molar-refractivity contribution in [1.29, 1.82) is 0 Å². The molecular formula is C32H38ClFN6O3. The van der Waals surface area contributed by atoms with Crippen LogP contribution in [-0.4, -0.2) is 75.2 Å². The van der Waals surface area contributed by atoms with Crippen molar-refractivity contribution in [2.45, 2.75) is 65.5 Å². The monoisotopic (exact) mass is 608 g/mol. The van der Waals surface area contributed by atoms with Gasteiger partial charge in [0.15, 0.2) is 5.82 Å². The molecule has 4 rings (SSSR count). The molecule has 1 aliphatic carbocycles. The first-order valence-electron chi connectivity index (χ1n) is 14.3. The number of piperazine rings is 1. The Morgan fingerprint density at radius 1 is 1.30 bits per heavy atom. The van der Waals surface area contributed by atoms with Gasteiger partial charge in [0, 0.05) is 44.8 Å². The van der Waals surface area contributed by atoms with E-state index in [1.165, 1.54) is 17.1 Å². The molecule has 2 aromatic rings. The third-order valence-electron chi connectivity index (χ3n) is 7.80. The van der Waals surface area contributed by atoms with Gasteiger partial charge >= 0.3 is 0 Å². The number of aromatic nitrogens is 2. The summed E-state index contributed by atoms with van der Waals surface area (Å²) in [7, 11) is 1.64. The summed E-state index contributed by atoms with van der Waals surface area (Å²) in [6, 6.07) is 3.08. The zero-order chi connectivity index (χ0) is 31.6. The molecule has 2 aromatic heterocycles. The SMILES string of the molecule is C=CC(=O)N1CC(C)N(/C(=N/C)c2cc(Cl)c(C3=C(O)CCC=C3F)nc2N(C=O)c2c(C)ccnc2C(C)C)C(C)C1. The summed E-state index contributed by atoms with van der Waals surface area (Å²) in [6.45, 7) is 14.3. The first-order valence-corrected chi connectivity index (χ1v) is 14.7. The number of halogens is 2. The lowest BCUT2D eigenvalue weighted by molar-refractivity contribution is -0.129. The fraction of sp³-hybridized carbons (Fsp3) is 0.406. The van der Waals surface area contributed by atoms with E-state index in [0.717, 1.165) is 5.56 Å². The zero-order valence-corrected chi connectivity index (χ0v) is 26.2. The van der Waals surface area contributed by atoms with Gasteiger partial charge in [-0.3, -0.25) is 24.5 Å². The Morgan fingerprint density at radius 3 is 2.53 bits per heavy atom. The predicted octanol–water partition coefficient (Wildman–Crippen LogP) is 6.26. The molecule has 1 saturated heterocycles. The number of aliphatic imine (C=N–C) groups is 1. The van der Waals surface area contributed by atoms with Gasteiger partial charge in [0.1, 0.15) is 17.4 Å². The van der Waals surface area contributed by atoms with Gasteiger partial charge < -0.3 is 14.9 Å². The second kappa shape index (κ2) is 13.1. The van der Waals surface area contributed by atoms with Gasteiger partial charge in [-0.05, 0) is 63.0 Å². The average Bonchev–Trinajstić information content (AvgIpc) is 2.96. The number of carbonyl (C=O) groups excluding carboxylic acids is 2. The lowest BCUT2D eigenvalue weighted by atomic mass is 9.98. The highest BCUT2D eigenvalue weighted by Crippen LogP contribution is 2.41. The van der Waals surface area contributed by atoms with E-state index in [4.69, 9.17) is 16.6 Å². The van der Waals surface area contributed by atoms with Crippen molar-refractivity contribution >= 4 is 46.8 Å². The number of rotatable bonds is 7. The van der Waals surface area contributed by atoms with Crippen LogP contribution in [0, 0.1) is 6.92 Å². The number of amidine groups is 1. The van der Waals surface area contributed by atoms with Gasteiger partial charge in [-0.2, -0.15) is 0 Å². The van der Waals surface area contributed by atoms with Crippen molar-refractivity contribution in [3.63, 3.8) is 0 Å². The van der Waals surface area contributed by atoms with Crippen molar-refractivity contribution in [3.05, 3.63) is 76.2 Å². The molecule has 2 atom stereocenters. The van der Waals surface area contributed by atoms with Gasteiger partial charge in [0.2, 0.25) is 12.3 Å². The third kappa shape index (κ3) is 6.06. The van der Waals surface area contributed by atoms with Gasteiger partial charge in [-0.25, -0.2) is 9.37 Å². The van der Waals surface area contributed by atoms with E-state index in [2.05, 4.69) is 21.5 Å². The van der Waals surface area contributed by atoms with Crippen molar-refractivity contribution in [3.8, 4) is 0 Å². The van der Waals surface area contributed by atoms with Crippen LogP contribution in [0.5, 0.6) is 0 Å². The molecule has 1 fully saturated rings. The summed E-state index contributed by atoms with van der Waals surface area (Å²) >= 11 is 6.81. The molecular weight excluding hydrogens is 571 g/mol. The Labute approximate surface area is 257 Å². The van der Waals surface area contributed by atoms with Crippen molar-refractivity contribution < 1.29 is 19.1 Å². The fourth-order valence-electron chi connectivity index (χ4n) is 5.89. The molecule has 0 spiro atoms. The molecule has 2 aliphatic rings. The maximum Gasteiger partial charge on any atom is 0.246 e. The topological polar surface area (TPSA) is 102 Å². The number of aliphatic hydroxyl groups is 1. The van der Waals surface area contributed by atoms with Crippen LogP contribution in [-0.2, 0) is 9.59 Å². The highest BCUT2D eigenvalue weighted by molar-refractivity contribution is 6.33. The number of hydrogen-bond acceptors (Lipinski definition) is 6. The summed E-state index contributed by atoms with van der Waals surface area (Å²) in [5, 5.41) is 10.8. The normalized spacial score (nSPS) is 19.5. The van der Waals surface area contributed by atoms with E-state index in [0.29, 0.717) is 48.7 Å². The van der Waals surface area contributed by atoms with Crippen LogP contribution in [0.2, 0.25) is 5.02 Å². The van der Waals surface area contributed by atoms with Crippen LogP contribution in [0.15, 0.2) is 53.6 Å². The van der Waals surface area contributed by atoms with Crippen LogP contribution < -0.4 is 4.90 Å². The molecule has 2 unspecified atom stereocenters. The minimum absolute atomic E-state index is 0.0174. The lowest BCUT2D eigenvalue weighted by Crippen LogP contribution is -2.59. The summed E-state index contributed by atoms with van der Waals surface area (Å²) in [5.41, 5.74) is 2.36. The van der Waals surface area contributed by atoms with Gasteiger partial charge in [0.25, 0.3) is 0 Å². The van der Waals surface area contributed by atoms with Crippen LogP contribution in [0.4, 0.5) is 15.9 Å². The van der Waals surface area contributed by atoms with Crippen molar-refractivity contribution in [2.24, 2.45) is 4.99 Å². The molecule has 43 heavy (non-hydrogen) atoms. The molecule has 228 valence electrons. The molecule has 0 aromatic carbocycles. The number of aliphatic hydroxyl groups excluding tert-OH is 1. The summed E-state index contributed by atoms with van der Waals surface area (Å²) in [5.74, 6) is -0.327. The van der Waals surface area contributed by atoms with Crippen LogP contribution in [0.3, 0.4) is 0 Å². The summed E-state index contributed by atoms with van der Waals surface area (Å²) in [6.07, 6.45) is 5.61. The highest BCUT2D eigenvalue weighted by atomic mass is 35.5. The first kappa shape index (κ1) is 31.9. The Kier molecular flexibility index (Phi) is 9.69. The van der Waals surface area contributed by atoms with E-state index in [-0.39, 0.29) is 58.2 Å². The first-order chi connectivity index (χ1) is 20.4. The number of allylic oxidation sites excluding steroid dienone is 4. The number of anilines is 2. The fourth-order valence-corrected chi connectivity index (χ4v) is 6.14. The molecule has 11 heteroatoms. The molecule has 9 nitrogen and oxygen atoms in total. The number of hydrogen-bond donors (Lipinski definition) is 1. The van der Waals surface area contributed by atoms with Gasteiger partial charge in [-0.15, -0.1) is 0 Å². The quantitative estimate of drug-likeness (QED) is 0.172. The highest BCUT2D eigenvalue weighted by Gasteiger charge is 2.36. The number of aryl methyl sites for hydroxylation is 1. The van der Waals surface area contributed by atoms with Crippen LogP contribution in [0.1, 0.15) is 69.0 Å².